The molecule has 0 bridgehead atoms. The molecule has 0 aromatic heterocycles. The summed E-state index contributed by atoms with van der Waals surface area (Å²) in [7, 11) is -3.65. The van der Waals surface area contributed by atoms with Gasteiger partial charge in [-0.3, -0.25) is 0 Å². The first-order chi connectivity index (χ1) is 13.3. The highest BCUT2D eigenvalue weighted by Gasteiger charge is 2.19. The van der Waals surface area contributed by atoms with E-state index in [9.17, 15) is 8.42 Å². The molecule has 1 atom stereocenters. The lowest BCUT2D eigenvalue weighted by atomic mass is 10.0. The molecule has 0 saturated heterocycles. The van der Waals surface area contributed by atoms with E-state index < -0.39 is 16.1 Å². The second-order valence-corrected chi connectivity index (χ2v) is 8.81. The van der Waals surface area contributed by atoms with Gasteiger partial charge in [0.2, 0.25) is 10.0 Å². The molecule has 0 amide bonds. The van der Waals surface area contributed by atoms with Crippen LogP contribution in [-0.2, 0) is 10.0 Å². The van der Waals surface area contributed by atoms with Gasteiger partial charge in [-0.05, 0) is 44.0 Å². The Bertz CT molecular complexity index is 1050. The molecule has 0 radical (unpaired) electrons. The highest BCUT2D eigenvalue weighted by molar-refractivity contribution is 7.89. The number of rotatable bonds is 6. The lowest BCUT2D eigenvalue weighted by molar-refractivity contribution is 0.574. The van der Waals surface area contributed by atoms with Gasteiger partial charge in [-0.15, -0.1) is 0 Å². The predicted octanol–water partition coefficient (Wildman–Crippen LogP) is 5.34. The monoisotopic (exact) mass is 391 g/mol. The van der Waals surface area contributed by atoms with E-state index in [0.29, 0.717) is 0 Å². The van der Waals surface area contributed by atoms with Crippen molar-refractivity contribution in [1.29, 1.82) is 0 Å². The molecule has 4 heteroatoms. The summed E-state index contributed by atoms with van der Waals surface area (Å²) in [5.41, 5.74) is 5.26. The van der Waals surface area contributed by atoms with Gasteiger partial charge in [-0.25, -0.2) is 8.42 Å². The molecule has 1 unspecified atom stereocenters. The van der Waals surface area contributed by atoms with Crippen molar-refractivity contribution in [3.8, 4) is 0 Å². The van der Waals surface area contributed by atoms with Crippen LogP contribution in [0.1, 0.15) is 33.9 Å². The van der Waals surface area contributed by atoms with E-state index in [2.05, 4.69) is 4.72 Å². The summed E-state index contributed by atoms with van der Waals surface area (Å²) in [6.07, 6.45) is 3.84. The molecule has 3 nitrogen and oxygen atoms in total. The van der Waals surface area contributed by atoms with Gasteiger partial charge in [0, 0.05) is 0 Å². The number of sulfonamides is 1. The van der Waals surface area contributed by atoms with E-state index in [1.54, 1.807) is 24.3 Å². The lowest BCUT2D eigenvalue weighted by Crippen LogP contribution is -2.27. The van der Waals surface area contributed by atoms with Crippen molar-refractivity contribution in [3.63, 3.8) is 0 Å². The van der Waals surface area contributed by atoms with Crippen LogP contribution in [0.3, 0.4) is 0 Å². The highest BCUT2D eigenvalue weighted by atomic mass is 32.2. The Morgan fingerprint density at radius 1 is 0.714 bits per heavy atom. The third kappa shape index (κ3) is 5.18. The van der Waals surface area contributed by atoms with E-state index in [1.165, 1.54) is 5.56 Å². The second kappa shape index (κ2) is 8.55. The Balaban J connectivity index is 1.92. The third-order valence-electron chi connectivity index (χ3n) is 4.61. The summed E-state index contributed by atoms with van der Waals surface area (Å²) in [5, 5.41) is 0. The summed E-state index contributed by atoms with van der Waals surface area (Å²) in [6.45, 7) is 5.99. The van der Waals surface area contributed by atoms with E-state index >= 15 is 0 Å². The summed E-state index contributed by atoms with van der Waals surface area (Å²) >= 11 is 0. The van der Waals surface area contributed by atoms with Gasteiger partial charge < -0.3 is 0 Å². The fourth-order valence-electron chi connectivity index (χ4n) is 2.83. The van der Waals surface area contributed by atoms with Crippen molar-refractivity contribution < 1.29 is 8.42 Å². The first kappa shape index (κ1) is 20.1. The molecule has 1 N–H and O–H groups in total. The van der Waals surface area contributed by atoms with Crippen LogP contribution in [0, 0.1) is 20.8 Å². The van der Waals surface area contributed by atoms with Gasteiger partial charge in [0.05, 0.1) is 10.9 Å². The van der Waals surface area contributed by atoms with Crippen molar-refractivity contribution >= 4 is 16.1 Å². The van der Waals surface area contributed by atoms with Crippen LogP contribution in [0.5, 0.6) is 0 Å². The topological polar surface area (TPSA) is 46.2 Å². The fraction of sp³-hybridized carbons (Fsp3) is 0.167. The average molecular weight is 392 g/mol. The number of hydrogen-bond acceptors (Lipinski definition) is 2. The first-order valence-corrected chi connectivity index (χ1v) is 10.7. The fourth-order valence-corrected chi connectivity index (χ4v) is 4.01. The Morgan fingerprint density at radius 2 is 1.18 bits per heavy atom. The molecule has 144 valence electrons. The molecule has 0 aliphatic heterocycles. The Hall–Kier alpha value is -2.69. The van der Waals surface area contributed by atoms with Gasteiger partial charge in [0.1, 0.15) is 0 Å². The molecular weight excluding hydrogens is 366 g/mol. The van der Waals surface area contributed by atoms with E-state index in [1.807, 2.05) is 81.5 Å². The number of nitrogens with one attached hydrogen (secondary N) is 1. The van der Waals surface area contributed by atoms with Gasteiger partial charge in [0.15, 0.2) is 0 Å². The second-order valence-electron chi connectivity index (χ2n) is 7.09. The van der Waals surface area contributed by atoms with E-state index in [4.69, 9.17) is 0 Å². The molecule has 3 rings (SSSR count). The molecule has 0 aliphatic carbocycles. The molecule has 0 heterocycles. The zero-order chi connectivity index (χ0) is 20.1. The largest absolute Gasteiger partial charge is 0.241 e. The van der Waals surface area contributed by atoms with Crippen LogP contribution in [0.15, 0.2) is 83.8 Å². The third-order valence-corrected chi connectivity index (χ3v) is 6.07. The number of aryl methyl sites for hydroxylation is 3. The Morgan fingerprint density at radius 3 is 1.71 bits per heavy atom. The molecule has 0 spiro atoms. The molecule has 0 saturated carbocycles. The first-order valence-electron chi connectivity index (χ1n) is 9.24. The van der Waals surface area contributed by atoms with Crippen molar-refractivity contribution in [2.45, 2.75) is 31.7 Å². The zero-order valence-electron chi connectivity index (χ0n) is 16.4. The standard InChI is InChI=1S/C24H25NO2S/c1-18-4-10-21(11-5-18)12-17-24(22-13-6-19(2)7-14-22)25-28(26,27)23-15-8-20(3)9-16-23/h4-17,24-25H,1-3H3/b17-12+. The summed E-state index contributed by atoms with van der Waals surface area (Å²) in [5.74, 6) is 0. The van der Waals surface area contributed by atoms with Crippen LogP contribution < -0.4 is 4.72 Å². The van der Waals surface area contributed by atoms with Gasteiger partial charge in [-0.1, -0.05) is 89.5 Å². The minimum absolute atomic E-state index is 0.263. The van der Waals surface area contributed by atoms with Gasteiger partial charge >= 0.3 is 0 Å². The smallest absolute Gasteiger partial charge is 0.207 e. The molecule has 3 aromatic rings. The summed E-state index contributed by atoms with van der Waals surface area (Å²) in [6, 6.07) is 22.4. The van der Waals surface area contributed by atoms with Crippen molar-refractivity contribution in [1.82, 2.24) is 4.72 Å². The quantitative estimate of drug-likeness (QED) is 0.616. The highest BCUT2D eigenvalue weighted by Crippen LogP contribution is 2.21. The average Bonchev–Trinajstić information content (AvgIpc) is 2.67. The van der Waals surface area contributed by atoms with Crippen LogP contribution in [-0.4, -0.2) is 8.42 Å². The Labute approximate surface area is 167 Å². The van der Waals surface area contributed by atoms with Gasteiger partial charge in [-0.2, -0.15) is 4.72 Å². The Kier molecular flexibility index (Phi) is 6.12. The maximum Gasteiger partial charge on any atom is 0.241 e. The summed E-state index contributed by atoms with van der Waals surface area (Å²) in [4.78, 5) is 0.263. The van der Waals surface area contributed by atoms with Crippen molar-refractivity contribution in [2.75, 3.05) is 0 Å². The van der Waals surface area contributed by atoms with Crippen molar-refractivity contribution in [3.05, 3.63) is 107 Å². The minimum Gasteiger partial charge on any atom is -0.207 e. The maximum atomic E-state index is 12.9. The van der Waals surface area contributed by atoms with Crippen LogP contribution in [0.25, 0.3) is 6.08 Å². The normalized spacial score (nSPS) is 13.0. The van der Waals surface area contributed by atoms with Crippen LogP contribution >= 0.6 is 0 Å². The zero-order valence-corrected chi connectivity index (χ0v) is 17.2. The number of hydrogen-bond donors (Lipinski definition) is 1. The lowest BCUT2D eigenvalue weighted by Gasteiger charge is -2.16. The molecule has 3 aromatic carbocycles. The summed E-state index contributed by atoms with van der Waals surface area (Å²) < 4.78 is 28.6. The molecule has 28 heavy (non-hydrogen) atoms. The minimum atomic E-state index is -3.65. The van der Waals surface area contributed by atoms with Gasteiger partial charge in [0.25, 0.3) is 0 Å². The molecule has 0 fully saturated rings. The number of benzene rings is 3. The van der Waals surface area contributed by atoms with E-state index in [-0.39, 0.29) is 4.90 Å². The predicted molar refractivity (Wildman–Crippen MR) is 116 cm³/mol. The van der Waals surface area contributed by atoms with Crippen LogP contribution in [0.4, 0.5) is 0 Å². The SMILES string of the molecule is Cc1ccc(/C=C/C(NS(=O)(=O)c2ccc(C)cc2)c2ccc(C)cc2)cc1. The molecular formula is C24H25NO2S. The molecule has 0 aliphatic rings. The van der Waals surface area contributed by atoms with Crippen LogP contribution in [0.2, 0.25) is 0 Å². The van der Waals surface area contributed by atoms with Crippen molar-refractivity contribution in [2.24, 2.45) is 0 Å². The van der Waals surface area contributed by atoms with E-state index in [0.717, 1.165) is 22.3 Å². The maximum absolute atomic E-state index is 12.9.